The molecule has 0 unspecified atom stereocenters. The molecular formula is C19H22BIO3. The van der Waals surface area contributed by atoms with E-state index in [1.807, 2.05) is 24.3 Å². The lowest BCUT2D eigenvalue weighted by molar-refractivity contribution is 0.00578. The van der Waals surface area contributed by atoms with E-state index < -0.39 is 0 Å². The molecule has 0 spiro atoms. The third-order valence-electron chi connectivity index (χ3n) is 4.74. The lowest BCUT2D eigenvalue weighted by atomic mass is 9.79. The first-order chi connectivity index (χ1) is 11.3. The summed E-state index contributed by atoms with van der Waals surface area (Å²) in [7, 11) is -0.319. The second-order valence-electron chi connectivity index (χ2n) is 7.05. The maximum atomic E-state index is 6.08. The standard InChI is InChI=1S/C19H22BIO3/c1-18(2)19(3,4)24-20(23-18)15-11-9-14(10-12-15)13-22-17-8-6-5-7-16(17)21/h5-12H,13H2,1-4H3. The molecule has 2 aromatic rings. The quantitative estimate of drug-likeness (QED) is 0.532. The summed E-state index contributed by atoms with van der Waals surface area (Å²) < 4.78 is 19.2. The van der Waals surface area contributed by atoms with Crippen LogP contribution < -0.4 is 10.2 Å². The molecule has 0 N–H and O–H groups in total. The van der Waals surface area contributed by atoms with E-state index in [1.165, 1.54) is 0 Å². The summed E-state index contributed by atoms with van der Waals surface area (Å²) in [5.74, 6) is 0.910. The Kier molecular flexibility index (Phi) is 4.95. The molecule has 24 heavy (non-hydrogen) atoms. The van der Waals surface area contributed by atoms with E-state index in [0.29, 0.717) is 6.61 Å². The van der Waals surface area contributed by atoms with Crippen LogP contribution in [0.5, 0.6) is 5.75 Å². The third kappa shape index (κ3) is 3.63. The van der Waals surface area contributed by atoms with Gasteiger partial charge in [0, 0.05) is 0 Å². The molecule has 3 nitrogen and oxygen atoms in total. The highest BCUT2D eigenvalue weighted by Gasteiger charge is 2.51. The van der Waals surface area contributed by atoms with Crippen molar-refractivity contribution in [2.75, 3.05) is 0 Å². The van der Waals surface area contributed by atoms with Gasteiger partial charge in [0.25, 0.3) is 0 Å². The molecule has 1 fully saturated rings. The zero-order valence-corrected chi connectivity index (χ0v) is 16.7. The molecule has 0 aromatic heterocycles. The first-order valence-corrected chi connectivity index (χ1v) is 9.18. The molecule has 1 saturated heterocycles. The van der Waals surface area contributed by atoms with Gasteiger partial charge in [0.2, 0.25) is 0 Å². The molecule has 1 aliphatic rings. The SMILES string of the molecule is CC1(C)OB(c2ccc(COc3ccccc3I)cc2)OC1(C)C. The normalized spacial score (nSPS) is 18.6. The van der Waals surface area contributed by atoms with Crippen LogP contribution in [0.1, 0.15) is 33.3 Å². The zero-order chi connectivity index (χ0) is 17.4. The minimum atomic E-state index is -0.319. The number of hydrogen-bond acceptors (Lipinski definition) is 3. The molecule has 1 heterocycles. The highest BCUT2D eigenvalue weighted by atomic mass is 127. The first kappa shape index (κ1) is 17.8. The lowest BCUT2D eigenvalue weighted by Crippen LogP contribution is -2.41. The topological polar surface area (TPSA) is 27.7 Å². The Labute approximate surface area is 158 Å². The van der Waals surface area contributed by atoms with Gasteiger partial charge in [0.15, 0.2) is 0 Å². The average molecular weight is 436 g/mol. The summed E-state index contributed by atoms with van der Waals surface area (Å²) in [5, 5.41) is 0. The summed E-state index contributed by atoms with van der Waals surface area (Å²) in [4.78, 5) is 0. The Morgan fingerprint density at radius 3 is 2.08 bits per heavy atom. The van der Waals surface area contributed by atoms with Gasteiger partial charge >= 0.3 is 7.12 Å². The number of rotatable bonds is 4. The minimum absolute atomic E-state index is 0.316. The Morgan fingerprint density at radius 1 is 0.917 bits per heavy atom. The van der Waals surface area contributed by atoms with Crippen LogP contribution in [0.3, 0.4) is 0 Å². The molecule has 0 amide bonds. The second-order valence-corrected chi connectivity index (χ2v) is 8.21. The van der Waals surface area contributed by atoms with E-state index >= 15 is 0 Å². The van der Waals surface area contributed by atoms with E-state index in [2.05, 4.69) is 74.6 Å². The first-order valence-electron chi connectivity index (χ1n) is 8.10. The van der Waals surface area contributed by atoms with Gasteiger partial charge in [0.1, 0.15) is 12.4 Å². The molecule has 2 aromatic carbocycles. The average Bonchev–Trinajstić information content (AvgIpc) is 2.75. The van der Waals surface area contributed by atoms with Crippen molar-refractivity contribution in [2.45, 2.75) is 45.5 Å². The Bertz CT molecular complexity index is 697. The van der Waals surface area contributed by atoms with Gasteiger partial charge in [-0.05, 0) is 73.4 Å². The Balaban J connectivity index is 1.65. The number of benzene rings is 2. The summed E-state index contributed by atoms with van der Waals surface area (Å²) in [6.45, 7) is 8.81. The molecule has 0 bridgehead atoms. The van der Waals surface area contributed by atoms with Gasteiger partial charge in [-0.3, -0.25) is 0 Å². The van der Waals surface area contributed by atoms with Crippen molar-refractivity contribution >= 4 is 35.2 Å². The van der Waals surface area contributed by atoms with Crippen LogP contribution in [0, 0.1) is 3.57 Å². The molecule has 0 atom stereocenters. The molecule has 0 aliphatic carbocycles. The van der Waals surface area contributed by atoms with Crippen molar-refractivity contribution in [1.29, 1.82) is 0 Å². The Morgan fingerprint density at radius 2 is 1.50 bits per heavy atom. The summed E-state index contributed by atoms with van der Waals surface area (Å²) in [6.07, 6.45) is 0. The molecule has 0 saturated carbocycles. The number of para-hydroxylation sites is 1. The largest absolute Gasteiger partial charge is 0.494 e. The van der Waals surface area contributed by atoms with Gasteiger partial charge < -0.3 is 14.0 Å². The fourth-order valence-corrected chi connectivity index (χ4v) is 3.02. The predicted molar refractivity (Wildman–Crippen MR) is 106 cm³/mol. The van der Waals surface area contributed by atoms with Gasteiger partial charge in [-0.1, -0.05) is 36.4 Å². The second kappa shape index (κ2) is 6.69. The van der Waals surface area contributed by atoms with Crippen LogP contribution in [-0.4, -0.2) is 18.3 Å². The van der Waals surface area contributed by atoms with Crippen LogP contribution in [0.15, 0.2) is 48.5 Å². The van der Waals surface area contributed by atoms with Crippen molar-refractivity contribution in [3.8, 4) is 5.75 Å². The van der Waals surface area contributed by atoms with Crippen LogP contribution in [0.25, 0.3) is 0 Å². The monoisotopic (exact) mass is 436 g/mol. The number of ether oxygens (including phenoxy) is 1. The summed E-state index contributed by atoms with van der Waals surface area (Å²) >= 11 is 2.28. The highest BCUT2D eigenvalue weighted by molar-refractivity contribution is 14.1. The minimum Gasteiger partial charge on any atom is -0.488 e. The van der Waals surface area contributed by atoms with E-state index in [4.69, 9.17) is 14.0 Å². The smallest absolute Gasteiger partial charge is 0.488 e. The van der Waals surface area contributed by atoms with Crippen molar-refractivity contribution in [3.05, 3.63) is 57.7 Å². The van der Waals surface area contributed by atoms with Crippen molar-refractivity contribution in [2.24, 2.45) is 0 Å². The zero-order valence-electron chi connectivity index (χ0n) is 14.5. The maximum Gasteiger partial charge on any atom is 0.494 e. The van der Waals surface area contributed by atoms with Gasteiger partial charge in [-0.25, -0.2) is 0 Å². The van der Waals surface area contributed by atoms with Crippen molar-refractivity contribution in [1.82, 2.24) is 0 Å². The number of hydrogen-bond donors (Lipinski definition) is 0. The molecular weight excluding hydrogens is 414 g/mol. The van der Waals surface area contributed by atoms with E-state index in [9.17, 15) is 0 Å². The maximum absolute atomic E-state index is 6.08. The highest BCUT2D eigenvalue weighted by Crippen LogP contribution is 2.36. The molecule has 1 aliphatic heterocycles. The fraction of sp³-hybridized carbons (Fsp3) is 0.368. The van der Waals surface area contributed by atoms with Gasteiger partial charge in [-0.15, -0.1) is 0 Å². The third-order valence-corrected chi connectivity index (χ3v) is 5.63. The van der Waals surface area contributed by atoms with Crippen molar-refractivity contribution < 1.29 is 14.0 Å². The lowest BCUT2D eigenvalue weighted by Gasteiger charge is -2.32. The van der Waals surface area contributed by atoms with Crippen molar-refractivity contribution in [3.63, 3.8) is 0 Å². The van der Waals surface area contributed by atoms with E-state index in [-0.39, 0.29) is 18.3 Å². The van der Waals surface area contributed by atoms with Crippen LogP contribution in [0.4, 0.5) is 0 Å². The molecule has 5 heteroatoms. The van der Waals surface area contributed by atoms with E-state index in [0.717, 1.165) is 20.3 Å². The van der Waals surface area contributed by atoms with Crippen LogP contribution in [-0.2, 0) is 15.9 Å². The molecule has 0 radical (unpaired) electrons. The summed E-state index contributed by atoms with van der Waals surface area (Å²) in [5.41, 5.74) is 1.52. The summed E-state index contributed by atoms with van der Waals surface area (Å²) in [6, 6.07) is 16.3. The molecule has 3 rings (SSSR count). The Hall–Kier alpha value is -1.05. The van der Waals surface area contributed by atoms with Crippen LogP contribution in [0.2, 0.25) is 0 Å². The molecule has 126 valence electrons. The van der Waals surface area contributed by atoms with Gasteiger partial charge in [-0.2, -0.15) is 0 Å². The number of halogens is 1. The van der Waals surface area contributed by atoms with E-state index in [1.54, 1.807) is 0 Å². The van der Waals surface area contributed by atoms with Crippen LogP contribution >= 0.6 is 22.6 Å². The van der Waals surface area contributed by atoms with Gasteiger partial charge in [0.05, 0.1) is 14.8 Å². The predicted octanol–water partition coefficient (Wildman–Crippen LogP) is 4.17. The fourth-order valence-electron chi connectivity index (χ4n) is 2.47.